The van der Waals surface area contributed by atoms with Gasteiger partial charge in [-0.25, -0.2) is 9.78 Å². The Balaban J connectivity index is 1.72. The number of benzene rings is 2. The van der Waals surface area contributed by atoms with Crippen molar-refractivity contribution in [1.82, 2.24) is 9.97 Å². The lowest BCUT2D eigenvalue weighted by atomic mass is 10.1. The maximum atomic E-state index is 11.9. The molecule has 0 fully saturated rings. The molecule has 3 aromatic rings. The molecule has 0 aliphatic rings. The number of nitrogens with one attached hydrogen (secondary N) is 1. The third-order valence-corrected chi connectivity index (χ3v) is 3.01. The van der Waals surface area contributed by atoms with Crippen molar-refractivity contribution in [1.29, 1.82) is 5.26 Å². The third-order valence-electron chi connectivity index (χ3n) is 3.01. The minimum Gasteiger partial charge on any atom is -0.454 e. The molecule has 0 saturated carbocycles. The number of esters is 1. The summed E-state index contributed by atoms with van der Waals surface area (Å²) in [4.78, 5) is 19.3. The van der Waals surface area contributed by atoms with Gasteiger partial charge >= 0.3 is 5.97 Å². The van der Waals surface area contributed by atoms with Crippen LogP contribution in [0.2, 0.25) is 0 Å². The molecular formula is C16H11N3O2. The molecule has 1 aromatic heterocycles. The van der Waals surface area contributed by atoms with Crippen molar-refractivity contribution in [3.8, 4) is 6.07 Å². The Morgan fingerprint density at radius 2 is 2.10 bits per heavy atom. The number of ether oxygens (including phenoxy) is 1. The predicted octanol–water partition coefficient (Wildman–Crippen LogP) is 2.79. The van der Waals surface area contributed by atoms with Crippen LogP contribution < -0.4 is 0 Å². The van der Waals surface area contributed by atoms with E-state index >= 15 is 0 Å². The minimum absolute atomic E-state index is 0.0598. The first-order chi connectivity index (χ1) is 10.3. The summed E-state index contributed by atoms with van der Waals surface area (Å²) in [5.74, 6) is 0.105. The lowest BCUT2D eigenvalue weighted by molar-refractivity contribution is 0.0463. The summed E-state index contributed by atoms with van der Waals surface area (Å²) >= 11 is 0. The quantitative estimate of drug-likeness (QED) is 0.746. The number of carbonyl (C=O) groups is 1. The second kappa shape index (κ2) is 5.47. The molecule has 21 heavy (non-hydrogen) atoms. The molecule has 0 unspecified atom stereocenters. The van der Waals surface area contributed by atoms with Gasteiger partial charge < -0.3 is 9.72 Å². The molecule has 0 aliphatic carbocycles. The average Bonchev–Trinajstić information content (AvgIpc) is 2.95. The molecule has 0 radical (unpaired) electrons. The van der Waals surface area contributed by atoms with Crippen molar-refractivity contribution in [3.63, 3.8) is 0 Å². The number of nitriles is 1. The fourth-order valence-corrected chi connectivity index (χ4v) is 2.01. The number of imidazole rings is 1. The van der Waals surface area contributed by atoms with Crippen LogP contribution in [-0.4, -0.2) is 15.9 Å². The smallest absolute Gasteiger partial charge is 0.338 e. The van der Waals surface area contributed by atoms with Crippen LogP contribution in [0.25, 0.3) is 11.0 Å². The van der Waals surface area contributed by atoms with Crippen LogP contribution in [0.4, 0.5) is 0 Å². The van der Waals surface area contributed by atoms with Gasteiger partial charge in [0.05, 0.1) is 28.2 Å². The van der Waals surface area contributed by atoms with E-state index < -0.39 is 5.97 Å². The highest BCUT2D eigenvalue weighted by atomic mass is 16.5. The monoisotopic (exact) mass is 277 g/mol. The van der Waals surface area contributed by atoms with Crippen LogP contribution in [0.1, 0.15) is 21.7 Å². The Kier molecular flexibility index (Phi) is 3.36. The fourth-order valence-electron chi connectivity index (χ4n) is 2.01. The predicted molar refractivity (Wildman–Crippen MR) is 76.4 cm³/mol. The SMILES string of the molecule is N#Cc1cccc(C(=O)OCc2nc3ccccc3[nH]2)c1. The Labute approximate surface area is 120 Å². The third kappa shape index (κ3) is 2.74. The molecule has 102 valence electrons. The van der Waals surface area contributed by atoms with Gasteiger partial charge in [-0.2, -0.15) is 5.26 Å². The van der Waals surface area contributed by atoms with Crippen LogP contribution in [0.3, 0.4) is 0 Å². The van der Waals surface area contributed by atoms with E-state index in [1.807, 2.05) is 30.3 Å². The van der Waals surface area contributed by atoms with Crippen LogP contribution in [0, 0.1) is 11.3 Å². The summed E-state index contributed by atoms with van der Waals surface area (Å²) in [7, 11) is 0. The molecule has 0 spiro atoms. The highest BCUT2D eigenvalue weighted by Gasteiger charge is 2.09. The normalized spacial score (nSPS) is 10.2. The number of para-hydroxylation sites is 2. The second-order valence-electron chi connectivity index (χ2n) is 4.47. The molecule has 5 heteroatoms. The first-order valence-corrected chi connectivity index (χ1v) is 6.37. The van der Waals surface area contributed by atoms with E-state index in [0.29, 0.717) is 17.0 Å². The zero-order chi connectivity index (χ0) is 14.7. The van der Waals surface area contributed by atoms with Crippen LogP contribution in [0.15, 0.2) is 48.5 Å². The molecular weight excluding hydrogens is 266 g/mol. The first kappa shape index (κ1) is 12.9. The van der Waals surface area contributed by atoms with E-state index in [4.69, 9.17) is 10.00 Å². The number of H-pyrrole nitrogens is 1. The average molecular weight is 277 g/mol. The van der Waals surface area contributed by atoms with Gasteiger partial charge in [0.15, 0.2) is 0 Å². The minimum atomic E-state index is -0.479. The summed E-state index contributed by atoms with van der Waals surface area (Å²) in [6, 6.07) is 16.0. The van der Waals surface area contributed by atoms with Gasteiger partial charge in [0, 0.05) is 0 Å². The van der Waals surface area contributed by atoms with Gasteiger partial charge in [-0.3, -0.25) is 0 Å². The van der Waals surface area contributed by atoms with E-state index in [1.54, 1.807) is 18.2 Å². The summed E-state index contributed by atoms with van der Waals surface area (Å²) in [5, 5.41) is 8.82. The van der Waals surface area contributed by atoms with E-state index in [0.717, 1.165) is 11.0 Å². The zero-order valence-electron chi connectivity index (χ0n) is 11.0. The topological polar surface area (TPSA) is 78.8 Å². The van der Waals surface area contributed by atoms with Gasteiger partial charge in [-0.05, 0) is 30.3 Å². The molecule has 0 amide bonds. The number of aromatic amines is 1. The number of carbonyl (C=O) groups excluding carboxylic acids is 1. The van der Waals surface area contributed by atoms with Crippen molar-refractivity contribution in [2.45, 2.75) is 6.61 Å². The van der Waals surface area contributed by atoms with E-state index in [-0.39, 0.29) is 6.61 Å². The van der Waals surface area contributed by atoms with E-state index in [1.165, 1.54) is 6.07 Å². The van der Waals surface area contributed by atoms with Crippen molar-refractivity contribution in [3.05, 3.63) is 65.5 Å². The molecule has 0 aliphatic heterocycles. The zero-order valence-corrected chi connectivity index (χ0v) is 11.0. The number of hydrogen-bond donors (Lipinski definition) is 1. The summed E-state index contributed by atoms with van der Waals surface area (Å²) in [6.45, 7) is 0.0598. The van der Waals surface area contributed by atoms with Gasteiger partial charge in [0.25, 0.3) is 0 Å². The number of aromatic nitrogens is 2. The molecule has 2 aromatic carbocycles. The van der Waals surface area contributed by atoms with Gasteiger partial charge in [0.1, 0.15) is 12.4 Å². The molecule has 1 N–H and O–H groups in total. The van der Waals surface area contributed by atoms with Gasteiger partial charge in [0.2, 0.25) is 0 Å². The molecule has 3 rings (SSSR count). The Morgan fingerprint density at radius 1 is 1.24 bits per heavy atom. The first-order valence-electron chi connectivity index (χ1n) is 6.37. The maximum Gasteiger partial charge on any atom is 0.338 e. The Morgan fingerprint density at radius 3 is 2.90 bits per heavy atom. The molecule has 0 saturated heterocycles. The summed E-state index contributed by atoms with van der Waals surface area (Å²) in [5.41, 5.74) is 2.50. The van der Waals surface area contributed by atoms with Crippen LogP contribution in [-0.2, 0) is 11.3 Å². The standard InChI is InChI=1S/C16H11N3O2/c17-9-11-4-3-5-12(8-11)16(20)21-10-15-18-13-6-1-2-7-14(13)19-15/h1-8H,10H2,(H,18,19). The maximum absolute atomic E-state index is 11.9. The number of hydrogen-bond acceptors (Lipinski definition) is 4. The molecule has 1 heterocycles. The number of rotatable bonds is 3. The van der Waals surface area contributed by atoms with Gasteiger partial charge in [-0.15, -0.1) is 0 Å². The van der Waals surface area contributed by atoms with E-state index in [9.17, 15) is 4.79 Å². The van der Waals surface area contributed by atoms with Crippen molar-refractivity contribution < 1.29 is 9.53 Å². The number of fused-ring (bicyclic) bond motifs is 1. The largest absolute Gasteiger partial charge is 0.454 e. The van der Waals surface area contributed by atoms with Gasteiger partial charge in [-0.1, -0.05) is 18.2 Å². The molecule has 0 atom stereocenters. The Bertz CT molecular complexity index is 813. The van der Waals surface area contributed by atoms with Crippen LogP contribution >= 0.6 is 0 Å². The fraction of sp³-hybridized carbons (Fsp3) is 0.0625. The van der Waals surface area contributed by atoms with Crippen molar-refractivity contribution >= 4 is 17.0 Å². The highest BCUT2D eigenvalue weighted by molar-refractivity contribution is 5.89. The van der Waals surface area contributed by atoms with Crippen LogP contribution in [0.5, 0.6) is 0 Å². The second-order valence-corrected chi connectivity index (χ2v) is 4.47. The lowest BCUT2D eigenvalue weighted by Crippen LogP contribution is -2.06. The summed E-state index contributed by atoms with van der Waals surface area (Å²) < 4.78 is 5.20. The highest BCUT2D eigenvalue weighted by Crippen LogP contribution is 2.12. The molecule has 0 bridgehead atoms. The van der Waals surface area contributed by atoms with Crippen molar-refractivity contribution in [2.24, 2.45) is 0 Å². The Hall–Kier alpha value is -3.13. The lowest BCUT2D eigenvalue weighted by Gasteiger charge is -2.02. The number of nitrogens with zero attached hydrogens (tertiary/aromatic N) is 2. The van der Waals surface area contributed by atoms with Crippen molar-refractivity contribution in [2.75, 3.05) is 0 Å². The molecule has 5 nitrogen and oxygen atoms in total. The summed E-state index contributed by atoms with van der Waals surface area (Å²) in [6.07, 6.45) is 0. The van der Waals surface area contributed by atoms with E-state index in [2.05, 4.69) is 9.97 Å².